The molecule has 0 bridgehead atoms. The van der Waals surface area contributed by atoms with Gasteiger partial charge < -0.3 is 20.4 Å². The van der Waals surface area contributed by atoms with Gasteiger partial charge in [0.2, 0.25) is 5.78 Å². The van der Waals surface area contributed by atoms with E-state index in [0.29, 0.717) is 12.3 Å². The van der Waals surface area contributed by atoms with Gasteiger partial charge in [0.05, 0.1) is 5.56 Å². The van der Waals surface area contributed by atoms with E-state index in [4.69, 9.17) is 0 Å². The van der Waals surface area contributed by atoms with Gasteiger partial charge in [-0.2, -0.15) is 0 Å². The number of hydrogen-bond donors (Lipinski definition) is 4. The lowest BCUT2D eigenvalue weighted by atomic mass is 9.43. The van der Waals surface area contributed by atoms with Gasteiger partial charge >= 0.3 is 0 Å². The summed E-state index contributed by atoms with van der Waals surface area (Å²) in [6.07, 6.45) is 3.03. The zero-order valence-corrected chi connectivity index (χ0v) is 26.6. The molecular weight excluding hydrogens is 532 g/mol. The zero-order chi connectivity index (χ0) is 31.7. The Labute approximate surface area is 249 Å². The molecule has 3 aliphatic carbocycles. The molecule has 3 aliphatic rings. The molecule has 0 radical (unpaired) electrons. The Bertz CT molecular complexity index is 1400. The number of phenolic OH excluding ortho intramolecular Hbond substituents is 1. The first-order valence-electron chi connectivity index (χ1n) is 15.3. The monoisotopic (exact) mass is 580 g/mol. The molecule has 0 aromatic heterocycles. The van der Waals surface area contributed by atoms with Crippen LogP contribution in [-0.4, -0.2) is 43.4 Å². The molecule has 1 saturated carbocycles. The van der Waals surface area contributed by atoms with Crippen molar-refractivity contribution in [2.75, 3.05) is 0 Å². The van der Waals surface area contributed by atoms with Crippen molar-refractivity contribution >= 4 is 23.1 Å². The zero-order valence-electron chi connectivity index (χ0n) is 26.6. The summed E-state index contributed by atoms with van der Waals surface area (Å²) >= 11 is 0. The smallest absolute Gasteiger partial charge is 0.203 e. The van der Waals surface area contributed by atoms with Gasteiger partial charge in [-0.1, -0.05) is 74.8 Å². The van der Waals surface area contributed by atoms with Gasteiger partial charge in [-0.3, -0.25) is 14.4 Å². The van der Waals surface area contributed by atoms with Crippen molar-refractivity contribution in [1.29, 1.82) is 0 Å². The minimum Gasteiger partial charge on any atom is -0.508 e. The number of aryl methyl sites for hydroxylation is 1. The predicted octanol–water partition coefficient (Wildman–Crippen LogP) is 6.58. The summed E-state index contributed by atoms with van der Waals surface area (Å²) in [6, 6.07) is 3.38. The Balaban J connectivity index is 1.97. The third-order valence-electron chi connectivity index (χ3n) is 9.83. The summed E-state index contributed by atoms with van der Waals surface area (Å²) in [7, 11) is 0. The fraction of sp³-hybridized carbons (Fsp3) is 0.629. The maximum atomic E-state index is 14.6. The molecule has 0 aliphatic heterocycles. The summed E-state index contributed by atoms with van der Waals surface area (Å²) in [5.74, 6) is -4.38. The van der Waals surface area contributed by atoms with Crippen molar-refractivity contribution in [3.05, 3.63) is 45.7 Å². The van der Waals surface area contributed by atoms with E-state index in [1.54, 1.807) is 6.92 Å². The SMILES string of the molecule is CC(C)CCCc1ccc(O)c2c1C[C@]1(C)C[C@]3(C)C(C(C)C)C(=O)C(C(=O)CC(C)(C)C)=C(O)[C@]3(O)C(=O)C1=C2O. The van der Waals surface area contributed by atoms with E-state index in [1.807, 2.05) is 47.6 Å². The topological polar surface area (TPSA) is 132 Å². The first kappa shape index (κ1) is 32.0. The van der Waals surface area contributed by atoms with E-state index >= 15 is 0 Å². The Kier molecular flexibility index (Phi) is 7.89. The van der Waals surface area contributed by atoms with Gasteiger partial charge in [0, 0.05) is 28.7 Å². The average Bonchev–Trinajstić information content (AvgIpc) is 2.81. The molecular formula is C35H48O7. The lowest BCUT2D eigenvalue weighted by molar-refractivity contribution is -0.178. The van der Waals surface area contributed by atoms with Crippen molar-refractivity contribution < 1.29 is 34.8 Å². The van der Waals surface area contributed by atoms with Crippen LogP contribution in [0.2, 0.25) is 0 Å². The number of benzene rings is 1. The van der Waals surface area contributed by atoms with Gasteiger partial charge in [0.15, 0.2) is 17.2 Å². The van der Waals surface area contributed by atoms with Crippen LogP contribution in [0, 0.1) is 34.0 Å². The maximum Gasteiger partial charge on any atom is 0.203 e. The Morgan fingerprint density at radius 3 is 2.21 bits per heavy atom. The number of aliphatic hydroxyl groups is 3. The molecule has 0 spiro atoms. The first-order chi connectivity index (χ1) is 19.2. The van der Waals surface area contributed by atoms with Crippen LogP contribution in [0.5, 0.6) is 5.75 Å². The van der Waals surface area contributed by atoms with E-state index < -0.39 is 62.2 Å². The molecule has 42 heavy (non-hydrogen) atoms. The summed E-state index contributed by atoms with van der Waals surface area (Å²) in [5, 5.41) is 46.6. The second-order valence-electron chi connectivity index (χ2n) is 15.4. The number of Topliss-reactive ketones (excluding diaryl/α,β-unsaturated/α-hetero) is 3. The Morgan fingerprint density at radius 1 is 1.05 bits per heavy atom. The third kappa shape index (κ3) is 4.72. The second-order valence-corrected chi connectivity index (χ2v) is 15.4. The van der Waals surface area contributed by atoms with Crippen molar-refractivity contribution in [2.45, 2.75) is 106 Å². The highest BCUT2D eigenvalue weighted by molar-refractivity contribution is 6.25. The molecule has 4 rings (SSSR count). The minimum atomic E-state index is -2.61. The molecule has 0 heterocycles. The van der Waals surface area contributed by atoms with Crippen molar-refractivity contribution in [3.8, 4) is 5.75 Å². The first-order valence-corrected chi connectivity index (χ1v) is 15.3. The normalized spacial score (nSPS) is 29.7. The highest BCUT2D eigenvalue weighted by atomic mass is 16.3. The molecule has 1 fully saturated rings. The quantitative estimate of drug-likeness (QED) is 0.268. The van der Waals surface area contributed by atoms with Gasteiger partial charge in [-0.25, -0.2) is 0 Å². The number of allylic oxidation sites excluding steroid dienone is 1. The number of aliphatic hydroxyl groups excluding tert-OH is 2. The number of ketones is 3. The van der Waals surface area contributed by atoms with E-state index in [-0.39, 0.29) is 35.6 Å². The van der Waals surface area contributed by atoms with Crippen LogP contribution in [0.25, 0.3) is 5.76 Å². The Morgan fingerprint density at radius 2 is 1.67 bits per heavy atom. The lowest BCUT2D eigenvalue weighted by Crippen LogP contribution is -2.69. The van der Waals surface area contributed by atoms with Crippen LogP contribution in [-0.2, 0) is 27.2 Å². The van der Waals surface area contributed by atoms with Crippen LogP contribution in [0.4, 0.5) is 0 Å². The number of fused-ring (bicyclic) bond motifs is 3. The van der Waals surface area contributed by atoms with E-state index in [0.717, 1.165) is 30.4 Å². The van der Waals surface area contributed by atoms with Gasteiger partial charge in [0.25, 0.3) is 0 Å². The van der Waals surface area contributed by atoms with E-state index in [2.05, 4.69) is 13.8 Å². The molecule has 1 unspecified atom stereocenters. The fourth-order valence-corrected chi connectivity index (χ4v) is 8.21. The van der Waals surface area contributed by atoms with Crippen LogP contribution in [0.1, 0.15) is 105 Å². The molecule has 0 amide bonds. The summed E-state index contributed by atoms with van der Waals surface area (Å²) in [5.41, 5.74) is -4.28. The van der Waals surface area contributed by atoms with Crippen molar-refractivity contribution in [1.82, 2.24) is 0 Å². The van der Waals surface area contributed by atoms with E-state index in [1.165, 1.54) is 6.07 Å². The van der Waals surface area contributed by atoms with Crippen LogP contribution in [0.3, 0.4) is 0 Å². The molecule has 7 nitrogen and oxygen atoms in total. The lowest BCUT2D eigenvalue weighted by Gasteiger charge is -2.60. The standard InChI is InChI=1S/C35H48O7/c1-18(2)11-10-12-20-13-14-22(36)24-21(20)15-33(8)17-34(9)26(19(3)4)29(39)25(23(37)16-32(5,6)7)30(40)35(34,42)31(41)27(33)28(24)38/h13-14,18-19,26,36,38,40,42H,10-12,15-17H2,1-9H3/t26?,33-,34-,35+/m1/s1. The number of hydrogen-bond acceptors (Lipinski definition) is 7. The van der Waals surface area contributed by atoms with E-state index in [9.17, 15) is 34.8 Å². The summed E-state index contributed by atoms with van der Waals surface area (Å²) in [4.78, 5) is 42.1. The number of aromatic hydroxyl groups is 1. The fourth-order valence-electron chi connectivity index (χ4n) is 8.21. The van der Waals surface area contributed by atoms with Crippen LogP contribution in [0.15, 0.2) is 29.0 Å². The number of carbonyl (C=O) groups excluding carboxylic acids is 3. The van der Waals surface area contributed by atoms with Crippen molar-refractivity contribution in [2.24, 2.45) is 34.0 Å². The molecule has 1 aromatic rings. The molecule has 7 heteroatoms. The average molecular weight is 581 g/mol. The highest BCUT2D eigenvalue weighted by Gasteiger charge is 2.72. The van der Waals surface area contributed by atoms with Gasteiger partial charge in [-0.15, -0.1) is 0 Å². The molecule has 1 aromatic carbocycles. The Hall–Kier alpha value is -2.93. The minimum absolute atomic E-state index is 0.0591. The van der Waals surface area contributed by atoms with Gasteiger partial charge in [0.1, 0.15) is 22.8 Å². The number of carbonyl (C=O) groups is 3. The second kappa shape index (κ2) is 10.4. The predicted molar refractivity (Wildman–Crippen MR) is 162 cm³/mol. The summed E-state index contributed by atoms with van der Waals surface area (Å²) < 4.78 is 0. The van der Waals surface area contributed by atoms with Crippen molar-refractivity contribution in [3.63, 3.8) is 0 Å². The number of rotatable bonds is 7. The molecule has 0 saturated heterocycles. The van der Waals surface area contributed by atoms with Gasteiger partial charge in [-0.05, 0) is 60.1 Å². The highest BCUT2D eigenvalue weighted by Crippen LogP contribution is 2.65. The molecule has 230 valence electrons. The van der Waals surface area contributed by atoms with Crippen LogP contribution >= 0.6 is 0 Å². The summed E-state index contributed by atoms with van der Waals surface area (Å²) in [6.45, 7) is 16.9. The number of phenols is 1. The van der Waals surface area contributed by atoms with Crippen LogP contribution < -0.4 is 0 Å². The molecule has 4 N–H and O–H groups in total. The third-order valence-corrected chi connectivity index (χ3v) is 9.83. The maximum absolute atomic E-state index is 14.6. The molecule has 4 atom stereocenters. The largest absolute Gasteiger partial charge is 0.508 e.